The molecule has 0 aromatic heterocycles. The van der Waals surface area contributed by atoms with Crippen LogP contribution in [0.4, 0.5) is 5.69 Å². The van der Waals surface area contributed by atoms with E-state index in [1.54, 1.807) is 13.8 Å². The van der Waals surface area contributed by atoms with Crippen molar-refractivity contribution in [3.8, 4) is 0 Å². The zero-order chi connectivity index (χ0) is 12.2. The van der Waals surface area contributed by atoms with Crippen molar-refractivity contribution in [1.82, 2.24) is 0 Å². The average Bonchev–Trinajstić information content (AvgIpc) is 2.20. The minimum atomic E-state index is -0.573. The third kappa shape index (κ3) is 3.94. The van der Waals surface area contributed by atoms with Gasteiger partial charge in [-0.1, -0.05) is 28.1 Å². The minimum absolute atomic E-state index is 0.0811. The van der Waals surface area contributed by atoms with Gasteiger partial charge in [-0.3, -0.25) is 4.79 Å². The maximum atomic E-state index is 11.6. The molecule has 1 rings (SSSR count). The molecule has 4 heteroatoms. The van der Waals surface area contributed by atoms with Gasteiger partial charge in [0.25, 0.3) is 0 Å². The highest BCUT2D eigenvalue weighted by Crippen LogP contribution is 2.19. The Morgan fingerprint density at radius 2 is 1.94 bits per heavy atom. The van der Waals surface area contributed by atoms with Crippen molar-refractivity contribution < 1.29 is 9.90 Å². The molecule has 3 nitrogen and oxygen atoms in total. The summed E-state index contributed by atoms with van der Waals surface area (Å²) in [6.45, 7) is 3.73. The van der Waals surface area contributed by atoms with E-state index in [1.165, 1.54) is 0 Å². The molecule has 0 radical (unpaired) electrons. The van der Waals surface area contributed by atoms with Gasteiger partial charge in [0, 0.05) is 12.3 Å². The van der Waals surface area contributed by atoms with Crippen LogP contribution in [0, 0.1) is 0 Å². The number of carbonyl (C=O) groups excluding carboxylic acids is 1. The topological polar surface area (TPSA) is 49.3 Å². The molecule has 0 fully saturated rings. The second kappa shape index (κ2) is 5.46. The number of halogens is 1. The molecule has 0 heterocycles. The maximum Gasteiger partial charge on any atom is 0.240 e. The first-order chi connectivity index (χ1) is 7.43. The Bertz CT molecular complexity index is 354. The Hall–Kier alpha value is -0.870. The number of hydrogen-bond acceptors (Lipinski definition) is 2. The highest BCUT2D eigenvalue weighted by molar-refractivity contribution is 9.10. The van der Waals surface area contributed by atoms with E-state index in [-0.39, 0.29) is 12.5 Å². The molecule has 0 aliphatic heterocycles. The van der Waals surface area contributed by atoms with Gasteiger partial charge < -0.3 is 10.4 Å². The van der Waals surface area contributed by atoms with Crippen LogP contribution < -0.4 is 5.32 Å². The second-order valence-electron chi connectivity index (χ2n) is 4.10. The quantitative estimate of drug-likeness (QED) is 0.835. The Morgan fingerprint density at radius 3 is 2.38 bits per heavy atom. The monoisotopic (exact) mass is 285 g/mol. The smallest absolute Gasteiger partial charge is 0.240 e. The molecule has 0 atom stereocenters. The summed E-state index contributed by atoms with van der Waals surface area (Å²) in [5, 5.41) is 11.6. The number of benzene rings is 1. The number of nitrogens with one attached hydrogen (secondary N) is 1. The minimum Gasteiger partial charge on any atom is -0.396 e. The van der Waals surface area contributed by atoms with Crippen molar-refractivity contribution in [1.29, 1.82) is 0 Å². The Morgan fingerprint density at radius 1 is 1.38 bits per heavy atom. The fraction of sp³-hybridized carbons (Fsp3) is 0.417. The number of hydrogen-bond donors (Lipinski definition) is 2. The van der Waals surface area contributed by atoms with Gasteiger partial charge in [0.1, 0.15) is 0 Å². The van der Waals surface area contributed by atoms with Crippen LogP contribution in [0.1, 0.15) is 19.4 Å². The highest BCUT2D eigenvalue weighted by atomic mass is 79.9. The standard InChI is InChI=1S/C12H16BrNO2/c1-12(2,13)11(16)14-10-5-3-9(4-6-10)7-8-15/h3-6,15H,7-8H2,1-2H3,(H,14,16). The van der Waals surface area contributed by atoms with E-state index >= 15 is 0 Å². The predicted molar refractivity (Wildman–Crippen MR) is 68.9 cm³/mol. The molecule has 0 spiro atoms. The third-order valence-electron chi connectivity index (χ3n) is 2.15. The van der Waals surface area contributed by atoms with E-state index in [9.17, 15) is 4.79 Å². The van der Waals surface area contributed by atoms with Crippen LogP contribution in [0.15, 0.2) is 24.3 Å². The zero-order valence-corrected chi connectivity index (χ0v) is 11.0. The van der Waals surface area contributed by atoms with E-state index in [0.717, 1.165) is 11.3 Å². The summed E-state index contributed by atoms with van der Waals surface area (Å²) in [6, 6.07) is 7.46. The van der Waals surface area contributed by atoms with Crippen LogP contribution in [-0.4, -0.2) is 21.9 Å². The fourth-order valence-corrected chi connectivity index (χ4v) is 1.26. The summed E-state index contributed by atoms with van der Waals surface area (Å²) < 4.78 is -0.573. The van der Waals surface area contributed by atoms with Gasteiger partial charge in [-0.25, -0.2) is 0 Å². The summed E-state index contributed by atoms with van der Waals surface area (Å²) in [6.07, 6.45) is 0.637. The number of aliphatic hydroxyl groups is 1. The molecule has 0 unspecified atom stereocenters. The van der Waals surface area contributed by atoms with Crippen LogP contribution in [0.3, 0.4) is 0 Å². The van der Waals surface area contributed by atoms with Crippen LogP contribution in [0.2, 0.25) is 0 Å². The molecule has 0 bridgehead atoms. The first kappa shape index (κ1) is 13.2. The van der Waals surface area contributed by atoms with Gasteiger partial charge in [0.2, 0.25) is 5.91 Å². The number of aliphatic hydroxyl groups excluding tert-OH is 1. The van der Waals surface area contributed by atoms with Gasteiger partial charge >= 0.3 is 0 Å². The molecule has 2 N–H and O–H groups in total. The van der Waals surface area contributed by atoms with E-state index in [0.29, 0.717) is 6.42 Å². The van der Waals surface area contributed by atoms with Crippen molar-refractivity contribution in [2.75, 3.05) is 11.9 Å². The lowest BCUT2D eigenvalue weighted by molar-refractivity contribution is -0.117. The van der Waals surface area contributed by atoms with Gasteiger partial charge in [-0.05, 0) is 38.0 Å². The molecule has 1 aromatic rings. The third-order valence-corrected chi connectivity index (χ3v) is 2.51. The molecular formula is C12H16BrNO2. The molecular weight excluding hydrogens is 270 g/mol. The van der Waals surface area contributed by atoms with Crippen LogP contribution in [-0.2, 0) is 11.2 Å². The maximum absolute atomic E-state index is 11.6. The van der Waals surface area contributed by atoms with Crippen LogP contribution >= 0.6 is 15.9 Å². The number of amides is 1. The van der Waals surface area contributed by atoms with Crippen molar-refractivity contribution in [3.05, 3.63) is 29.8 Å². The molecule has 88 valence electrons. The summed E-state index contributed by atoms with van der Waals surface area (Å²) in [5.41, 5.74) is 1.82. The van der Waals surface area contributed by atoms with Crippen molar-refractivity contribution in [2.24, 2.45) is 0 Å². The van der Waals surface area contributed by atoms with Crippen LogP contribution in [0.5, 0.6) is 0 Å². The number of carbonyl (C=O) groups is 1. The molecule has 0 aliphatic carbocycles. The predicted octanol–water partition coefficient (Wildman–Crippen LogP) is 2.33. The number of rotatable bonds is 4. The Balaban J connectivity index is 2.65. The largest absolute Gasteiger partial charge is 0.396 e. The Labute approximate surface area is 104 Å². The molecule has 1 aromatic carbocycles. The van der Waals surface area contributed by atoms with Gasteiger partial charge in [0.05, 0.1) is 4.32 Å². The normalized spacial score (nSPS) is 11.2. The summed E-state index contributed by atoms with van der Waals surface area (Å²) in [7, 11) is 0. The van der Waals surface area contributed by atoms with E-state index in [2.05, 4.69) is 21.2 Å². The first-order valence-electron chi connectivity index (χ1n) is 5.13. The lowest BCUT2D eigenvalue weighted by atomic mass is 10.1. The van der Waals surface area contributed by atoms with Gasteiger partial charge in [-0.2, -0.15) is 0 Å². The number of anilines is 1. The lowest BCUT2D eigenvalue weighted by Crippen LogP contribution is -2.30. The van der Waals surface area contributed by atoms with E-state index in [4.69, 9.17) is 5.11 Å². The summed E-state index contributed by atoms with van der Waals surface area (Å²) in [5.74, 6) is -0.0811. The first-order valence-corrected chi connectivity index (χ1v) is 5.93. The highest BCUT2D eigenvalue weighted by Gasteiger charge is 2.23. The second-order valence-corrected chi connectivity index (χ2v) is 6.08. The lowest BCUT2D eigenvalue weighted by Gasteiger charge is -2.15. The zero-order valence-electron chi connectivity index (χ0n) is 9.46. The van der Waals surface area contributed by atoms with Gasteiger partial charge in [-0.15, -0.1) is 0 Å². The molecule has 0 aliphatic rings. The fourth-order valence-electron chi connectivity index (χ4n) is 1.16. The van der Waals surface area contributed by atoms with E-state index in [1.807, 2.05) is 24.3 Å². The van der Waals surface area contributed by atoms with Crippen LogP contribution in [0.25, 0.3) is 0 Å². The van der Waals surface area contributed by atoms with Crippen molar-refractivity contribution >= 4 is 27.5 Å². The molecule has 1 amide bonds. The van der Waals surface area contributed by atoms with Crippen molar-refractivity contribution in [3.63, 3.8) is 0 Å². The van der Waals surface area contributed by atoms with Crippen molar-refractivity contribution in [2.45, 2.75) is 24.6 Å². The average molecular weight is 286 g/mol. The molecule has 16 heavy (non-hydrogen) atoms. The number of alkyl halides is 1. The van der Waals surface area contributed by atoms with Gasteiger partial charge in [0.15, 0.2) is 0 Å². The van der Waals surface area contributed by atoms with E-state index < -0.39 is 4.32 Å². The molecule has 0 saturated heterocycles. The SMILES string of the molecule is CC(C)(Br)C(=O)Nc1ccc(CCO)cc1. The summed E-state index contributed by atoms with van der Waals surface area (Å²) in [4.78, 5) is 11.6. The molecule has 0 saturated carbocycles. The summed E-state index contributed by atoms with van der Waals surface area (Å²) >= 11 is 3.30. The Kier molecular flexibility index (Phi) is 4.50.